The molecule has 0 bridgehead atoms. The Hall–Kier alpha value is -1.56. The van der Waals surface area contributed by atoms with Gasteiger partial charge in [-0.25, -0.2) is 9.17 Å². The number of benzene rings is 1. The Bertz CT molecular complexity index is 1050. The zero-order valence-electron chi connectivity index (χ0n) is 17.2. The first-order chi connectivity index (χ1) is 14.8. The number of carbonyl (C=O) groups is 1. The highest BCUT2D eigenvalue weighted by Gasteiger charge is 2.29. The zero-order chi connectivity index (χ0) is 22.0. The summed E-state index contributed by atoms with van der Waals surface area (Å²) in [5.41, 5.74) is 2.11. The van der Waals surface area contributed by atoms with Crippen LogP contribution in [0.4, 0.5) is 5.13 Å². The summed E-state index contributed by atoms with van der Waals surface area (Å²) < 4.78 is 30.9. The second-order valence-corrected chi connectivity index (χ2v) is 10.9. The molecule has 1 aromatic carbocycles. The minimum atomic E-state index is -3.93. The van der Waals surface area contributed by atoms with Crippen molar-refractivity contribution in [3.05, 3.63) is 45.4 Å². The van der Waals surface area contributed by atoms with E-state index in [4.69, 9.17) is 15.8 Å². The Morgan fingerprint density at radius 2 is 2.10 bits per heavy atom. The van der Waals surface area contributed by atoms with Crippen LogP contribution in [0.2, 0.25) is 5.02 Å². The van der Waals surface area contributed by atoms with Crippen molar-refractivity contribution in [3.8, 4) is 0 Å². The van der Waals surface area contributed by atoms with Crippen molar-refractivity contribution >= 4 is 44.3 Å². The maximum Gasteiger partial charge on any atom is 0.338 e. The van der Waals surface area contributed by atoms with Gasteiger partial charge in [-0.3, -0.25) is 10.1 Å². The molecule has 168 valence electrons. The smallest absolute Gasteiger partial charge is 0.304 e. The average Bonchev–Trinajstić information content (AvgIpc) is 3.15. The molecule has 1 N–H and O–H groups in total. The monoisotopic (exact) mass is 484 g/mol. The summed E-state index contributed by atoms with van der Waals surface area (Å²) in [7, 11) is -2.00. The van der Waals surface area contributed by atoms with Crippen molar-refractivity contribution in [2.45, 2.75) is 25.2 Å². The van der Waals surface area contributed by atoms with E-state index in [2.05, 4.69) is 16.4 Å². The molecule has 1 amide bonds. The number of halogens is 1. The number of nitrogens with zero attached hydrogens (tertiary/aromatic N) is 3. The minimum absolute atomic E-state index is 0.194. The van der Waals surface area contributed by atoms with E-state index in [0.29, 0.717) is 36.3 Å². The normalized spacial score (nSPS) is 20.4. The topological polar surface area (TPSA) is 91.8 Å². The number of nitrogens with one attached hydrogen (secondary N) is 1. The summed E-state index contributed by atoms with van der Waals surface area (Å²) in [5, 5.41) is 3.85. The first-order valence-corrected chi connectivity index (χ1v) is 12.8. The highest BCUT2D eigenvalue weighted by atomic mass is 35.5. The van der Waals surface area contributed by atoms with Crippen LogP contribution < -0.4 is 5.32 Å². The van der Waals surface area contributed by atoms with Gasteiger partial charge in [0.15, 0.2) is 5.13 Å². The van der Waals surface area contributed by atoms with Gasteiger partial charge in [0.05, 0.1) is 5.69 Å². The Morgan fingerprint density at radius 3 is 2.84 bits per heavy atom. The van der Waals surface area contributed by atoms with Gasteiger partial charge in [-0.2, -0.15) is 12.7 Å². The summed E-state index contributed by atoms with van der Waals surface area (Å²) in [5.74, 6) is -0.345. The molecule has 1 atom stereocenters. The first kappa shape index (κ1) is 22.6. The standard InChI is InChI=1S/C20H25ClN4O4S2/c1-24-8-10-25(11-9-24)31(27,28)29-13-18(26)23-20-22-17-7-3-6-16(19(17)30-20)14-4-2-5-15(21)12-14/h2,4-5,12,16H,3,6-11,13H2,1H3,(H,22,23,26)/t16-/m1/s1. The molecule has 0 unspecified atom stereocenters. The van der Waals surface area contributed by atoms with E-state index in [9.17, 15) is 13.2 Å². The molecule has 2 heterocycles. The fourth-order valence-electron chi connectivity index (χ4n) is 3.88. The molecular weight excluding hydrogens is 460 g/mol. The van der Waals surface area contributed by atoms with Crippen molar-refractivity contribution in [1.29, 1.82) is 0 Å². The van der Waals surface area contributed by atoms with Crippen LogP contribution in [0.25, 0.3) is 0 Å². The Balaban J connectivity index is 1.38. The van der Waals surface area contributed by atoms with E-state index < -0.39 is 22.8 Å². The number of aryl methyl sites for hydroxylation is 1. The van der Waals surface area contributed by atoms with E-state index in [1.807, 2.05) is 30.1 Å². The van der Waals surface area contributed by atoms with Crippen molar-refractivity contribution in [1.82, 2.24) is 14.2 Å². The van der Waals surface area contributed by atoms with Gasteiger partial charge in [-0.15, -0.1) is 11.3 Å². The first-order valence-electron chi connectivity index (χ1n) is 10.2. The number of hydrogen-bond acceptors (Lipinski definition) is 7. The molecule has 1 aliphatic carbocycles. The average molecular weight is 485 g/mol. The van der Waals surface area contributed by atoms with Gasteiger partial charge >= 0.3 is 10.3 Å². The Morgan fingerprint density at radius 1 is 1.32 bits per heavy atom. The fourth-order valence-corrected chi connectivity index (χ4v) is 6.29. The van der Waals surface area contributed by atoms with E-state index in [1.165, 1.54) is 15.6 Å². The van der Waals surface area contributed by atoms with Crippen molar-refractivity contribution in [3.63, 3.8) is 0 Å². The number of fused-ring (bicyclic) bond motifs is 1. The largest absolute Gasteiger partial charge is 0.338 e. The Kier molecular flexibility index (Phi) is 6.95. The van der Waals surface area contributed by atoms with Crippen LogP contribution in [0.1, 0.15) is 34.9 Å². The maximum absolute atomic E-state index is 12.3. The lowest BCUT2D eigenvalue weighted by molar-refractivity contribution is -0.118. The molecule has 1 fully saturated rings. The van der Waals surface area contributed by atoms with E-state index in [1.54, 1.807) is 0 Å². The van der Waals surface area contributed by atoms with Crippen molar-refractivity contribution < 1.29 is 17.4 Å². The van der Waals surface area contributed by atoms with Crippen LogP contribution in [0, 0.1) is 0 Å². The van der Waals surface area contributed by atoms with Crippen LogP contribution in [0.15, 0.2) is 24.3 Å². The highest BCUT2D eigenvalue weighted by Crippen LogP contribution is 2.41. The van der Waals surface area contributed by atoms with E-state index in [0.717, 1.165) is 35.4 Å². The molecule has 0 spiro atoms. The van der Waals surface area contributed by atoms with Crippen LogP contribution >= 0.6 is 22.9 Å². The molecule has 0 radical (unpaired) electrons. The second-order valence-electron chi connectivity index (χ2n) is 7.80. The number of anilines is 1. The molecule has 2 aromatic rings. The lowest BCUT2D eigenvalue weighted by Crippen LogP contribution is -2.47. The molecule has 31 heavy (non-hydrogen) atoms. The number of likely N-dealkylation sites (N-methyl/N-ethyl adjacent to an activating group) is 1. The van der Waals surface area contributed by atoms with Crippen molar-refractivity contribution in [2.75, 3.05) is 45.2 Å². The van der Waals surface area contributed by atoms with Crippen LogP contribution in [0.5, 0.6) is 0 Å². The van der Waals surface area contributed by atoms with Gasteiger partial charge in [0.2, 0.25) is 0 Å². The van der Waals surface area contributed by atoms with Gasteiger partial charge in [-0.1, -0.05) is 23.7 Å². The molecule has 4 rings (SSSR count). The number of hydrogen-bond donors (Lipinski definition) is 1. The molecular formula is C20H25ClN4O4S2. The lowest BCUT2D eigenvalue weighted by Gasteiger charge is -2.30. The number of piperazine rings is 1. The number of carbonyl (C=O) groups excluding carboxylic acids is 1. The van der Waals surface area contributed by atoms with Gasteiger partial charge in [-0.05, 0) is 44.0 Å². The predicted octanol–water partition coefficient (Wildman–Crippen LogP) is 2.71. The summed E-state index contributed by atoms with van der Waals surface area (Å²) in [6.07, 6.45) is 2.86. The molecule has 2 aliphatic rings. The summed E-state index contributed by atoms with van der Waals surface area (Å²) in [6.45, 7) is 1.40. The number of rotatable bonds is 6. The second kappa shape index (κ2) is 9.51. The van der Waals surface area contributed by atoms with Crippen LogP contribution in [-0.4, -0.2) is 68.3 Å². The summed E-state index contributed by atoms with van der Waals surface area (Å²) in [6, 6.07) is 7.81. The predicted molar refractivity (Wildman–Crippen MR) is 121 cm³/mol. The van der Waals surface area contributed by atoms with Crippen LogP contribution in [-0.2, 0) is 25.7 Å². The summed E-state index contributed by atoms with van der Waals surface area (Å²) in [4.78, 5) is 20.1. The number of aromatic nitrogens is 1. The highest BCUT2D eigenvalue weighted by molar-refractivity contribution is 7.84. The quantitative estimate of drug-likeness (QED) is 0.677. The summed E-state index contributed by atoms with van der Waals surface area (Å²) >= 11 is 7.59. The number of thiazole rings is 1. The molecule has 8 nitrogen and oxygen atoms in total. The third-order valence-corrected chi connectivity index (χ3v) is 8.34. The van der Waals surface area contributed by atoms with Gasteiger partial charge in [0.25, 0.3) is 5.91 Å². The fraction of sp³-hybridized carbons (Fsp3) is 0.500. The van der Waals surface area contributed by atoms with Crippen LogP contribution in [0.3, 0.4) is 0 Å². The lowest BCUT2D eigenvalue weighted by atomic mass is 9.86. The zero-order valence-corrected chi connectivity index (χ0v) is 19.6. The van der Waals surface area contributed by atoms with Gasteiger partial charge in [0.1, 0.15) is 6.61 Å². The van der Waals surface area contributed by atoms with Gasteiger partial charge < -0.3 is 4.90 Å². The Labute approximate surface area is 191 Å². The maximum atomic E-state index is 12.3. The third-order valence-electron chi connectivity index (χ3n) is 5.57. The minimum Gasteiger partial charge on any atom is -0.304 e. The van der Waals surface area contributed by atoms with Crippen molar-refractivity contribution in [2.24, 2.45) is 0 Å². The van der Waals surface area contributed by atoms with Gasteiger partial charge in [0, 0.05) is 42.0 Å². The van der Waals surface area contributed by atoms with E-state index >= 15 is 0 Å². The molecule has 1 saturated heterocycles. The molecule has 0 saturated carbocycles. The molecule has 11 heteroatoms. The SMILES string of the molecule is CN1CCN(S(=O)(=O)OCC(=O)Nc2nc3c(s2)[C@@H](c2cccc(Cl)c2)CCC3)CC1. The molecule has 1 aliphatic heterocycles. The molecule has 1 aromatic heterocycles. The van der Waals surface area contributed by atoms with E-state index in [-0.39, 0.29) is 5.92 Å². The number of amides is 1. The third kappa shape index (κ3) is 5.44.